The molecule has 0 unspecified atom stereocenters. The molecule has 0 fully saturated rings. The van der Waals surface area contributed by atoms with Crippen LogP contribution < -0.4 is 0 Å². The molecule has 0 N–H and O–H groups in total. The number of aliphatic imine (C=N–C) groups is 1. The van der Waals surface area contributed by atoms with Gasteiger partial charge in [0.05, 0.1) is 6.61 Å². The van der Waals surface area contributed by atoms with Gasteiger partial charge in [0, 0.05) is 12.8 Å². The van der Waals surface area contributed by atoms with Crippen LogP contribution >= 0.6 is 0 Å². The van der Waals surface area contributed by atoms with Gasteiger partial charge in [0.25, 0.3) is 0 Å². The van der Waals surface area contributed by atoms with Crippen molar-refractivity contribution in [3.63, 3.8) is 0 Å². The first-order valence-electron chi connectivity index (χ1n) is 4.79. The van der Waals surface area contributed by atoms with Crippen LogP contribution in [0.4, 0.5) is 4.79 Å². The Morgan fingerprint density at radius 1 is 1.43 bits per heavy atom. The fraction of sp³-hybridized carbons (Fsp3) is 0.800. The molecule has 0 heterocycles. The number of rotatable bonds is 4. The Kier molecular flexibility index (Phi) is 6.12. The molecule has 0 rings (SSSR count). The normalized spacial score (nSPS) is 12.0. The average molecular weight is 201 g/mol. The van der Waals surface area contributed by atoms with E-state index in [2.05, 4.69) is 4.99 Å². The van der Waals surface area contributed by atoms with Gasteiger partial charge in [-0.05, 0) is 27.2 Å². The van der Waals surface area contributed by atoms with Crippen LogP contribution in [-0.2, 0) is 9.47 Å². The second-order valence-corrected chi connectivity index (χ2v) is 3.87. The molecular weight excluding hydrogens is 182 g/mol. The predicted molar refractivity (Wildman–Crippen MR) is 55.8 cm³/mol. The Labute approximate surface area is 85.3 Å². The summed E-state index contributed by atoms with van der Waals surface area (Å²) >= 11 is 0. The highest BCUT2D eigenvalue weighted by atomic mass is 16.6. The third-order valence-corrected chi connectivity index (χ3v) is 1.13. The van der Waals surface area contributed by atoms with Crippen LogP contribution in [-0.4, -0.2) is 31.1 Å². The fourth-order valence-corrected chi connectivity index (χ4v) is 0.680. The van der Waals surface area contributed by atoms with Crippen LogP contribution in [0.3, 0.4) is 0 Å². The first-order chi connectivity index (χ1) is 6.45. The molecule has 14 heavy (non-hydrogen) atoms. The van der Waals surface area contributed by atoms with Gasteiger partial charge < -0.3 is 9.47 Å². The highest BCUT2D eigenvalue weighted by molar-refractivity contribution is 5.79. The quantitative estimate of drug-likeness (QED) is 0.518. The van der Waals surface area contributed by atoms with Crippen molar-refractivity contribution in [2.75, 3.05) is 13.2 Å². The molecule has 0 spiro atoms. The maximum Gasteiger partial charge on any atom is 0.433 e. The summed E-state index contributed by atoms with van der Waals surface area (Å²) in [6.07, 6.45) is 1.81. The predicted octanol–water partition coefficient (Wildman–Crippen LogP) is 2.42. The Morgan fingerprint density at radius 3 is 2.57 bits per heavy atom. The van der Waals surface area contributed by atoms with Crippen molar-refractivity contribution >= 4 is 12.3 Å². The third kappa shape index (κ3) is 9.19. The summed E-state index contributed by atoms with van der Waals surface area (Å²) in [7, 11) is 0. The Morgan fingerprint density at radius 2 is 2.07 bits per heavy atom. The molecular formula is C10H19NO3. The molecule has 0 aromatic heterocycles. The van der Waals surface area contributed by atoms with E-state index < -0.39 is 11.7 Å². The molecule has 82 valence electrons. The lowest BCUT2D eigenvalue weighted by atomic mass is 10.2. The van der Waals surface area contributed by atoms with E-state index in [1.807, 2.05) is 6.92 Å². The molecule has 0 atom stereocenters. The van der Waals surface area contributed by atoms with Crippen molar-refractivity contribution in [3.8, 4) is 0 Å². The Bertz CT molecular complexity index is 194. The summed E-state index contributed by atoms with van der Waals surface area (Å²) in [5, 5.41) is 0. The standard InChI is InChI=1S/C10H19NO3/c1-5-7-13-8-6-11-9(12)14-10(2,3)4/h6H,5,7-8H2,1-4H3. The fourth-order valence-electron chi connectivity index (χ4n) is 0.680. The van der Waals surface area contributed by atoms with Gasteiger partial charge in [0.15, 0.2) is 0 Å². The molecule has 0 aromatic rings. The number of ether oxygens (including phenoxy) is 2. The lowest BCUT2D eigenvalue weighted by Gasteiger charge is -2.16. The van der Waals surface area contributed by atoms with Crippen molar-refractivity contribution in [1.29, 1.82) is 0 Å². The van der Waals surface area contributed by atoms with Crippen LogP contribution in [0.25, 0.3) is 0 Å². The van der Waals surface area contributed by atoms with Crippen molar-refractivity contribution in [3.05, 3.63) is 0 Å². The zero-order valence-corrected chi connectivity index (χ0v) is 9.37. The summed E-state index contributed by atoms with van der Waals surface area (Å²) in [4.78, 5) is 14.6. The lowest BCUT2D eigenvalue weighted by Crippen LogP contribution is -2.22. The molecule has 0 aliphatic rings. The van der Waals surface area contributed by atoms with E-state index in [9.17, 15) is 4.79 Å². The second-order valence-electron chi connectivity index (χ2n) is 3.87. The van der Waals surface area contributed by atoms with E-state index in [1.54, 1.807) is 20.8 Å². The van der Waals surface area contributed by atoms with E-state index >= 15 is 0 Å². The minimum atomic E-state index is -0.572. The molecule has 0 radical (unpaired) electrons. The van der Waals surface area contributed by atoms with Crippen molar-refractivity contribution in [2.24, 2.45) is 4.99 Å². The number of carbonyl (C=O) groups is 1. The van der Waals surface area contributed by atoms with Crippen molar-refractivity contribution in [2.45, 2.75) is 39.7 Å². The SMILES string of the molecule is CCCOCC=NC(=O)OC(C)(C)C. The summed E-state index contributed by atoms with van der Waals surface area (Å²) in [5.41, 5.74) is -0.487. The summed E-state index contributed by atoms with van der Waals surface area (Å²) < 4.78 is 10.1. The third-order valence-electron chi connectivity index (χ3n) is 1.13. The minimum absolute atomic E-state index is 0.354. The van der Waals surface area contributed by atoms with E-state index in [0.29, 0.717) is 13.2 Å². The molecule has 1 amide bonds. The zero-order chi connectivity index (χ0) is 11.0. The molecule has 4 nitrogen and oxygen atoms in total. The number of amides is 1. The van der Waals surface area contributed by atoms with E-state index in [0.717, 1.165) is 6.42 Å². The summed E-state index contributed by atoms with van der Waals surface area (Å²) in [6, 6.07) is 0. The minimum Gasteiger partial charge on any atom is -0.442 e. The van der Waals surface area contributed by atoms with Crippen LogP contribution in [0.15, 0.2) is 4.99 Å². The van der Waals surface area contributed by atoms with Gasteiger partial charge in [-0.15, -0.1) is 0 Å². The van der Waals surface area contributed by atoms with Crippen molar-refractivity contribution < 1.29 is 14.3 Å². The maximum atomic E-state index is 11.0. The zero-order valence-electron chi connectivity index (χ0n) is 9.37. The first kappa shape index (κ1) is 13.1. The monoisotopic (exact) mass is 201 g/mol. The van der Waals surface area contributed by atoms with Crippen LogP contribution in [0.5, 0.6) is 0 Å². The second kappa shape index (κ2) is 6.54. The largest absolute Gasteiger partial charge is 0.442 e. The summed E-state index contributed by atoms with van der Waals surface area (Å²) in [5.74, 6) is 0. The van der Waals surface area contributed by atoms with Crippen LogP contribution in [0.2, 0.25) is 0 Å². The molecule has 0 saturated heterocycles. The van der Waals surface area contributed by atoms with Gasteiger partial charge in [-0.2, -0.15) is 4.99 Å². The maximum absolute atomic E-state index is 11.0. The number of carbonyl (C=O) groups excluding carboxylic acids is 1. The Hall–Kier alpha value is -0.900. The number of hydrogen-bond donors (Lipinski definition) is 0. The average Bonchev–Trinajstić information content (AvgIpc) is 2.00. The van der Waals surface area contributed by atoms with Gasteiger partial charge >= 0.3 is 6.09 Å². The van der Waals surface area contributed by atoms with Crippen molar-refractivity contribution in [1.82, 2.24) is 0 Å². The number of nitrogens with zero attached hydrogens (tertiary/aromatic N) is 1. The van der Waals surface area contributed by atoms with Gasteiger partial charge in [0.2, 0.25) is 0 Å². The smallest absolute Gasteiger partial charge is 0.433 e. The highest BCUT2D eigenvalue weighted by Gasteiger charge is 2.14. The van der Waals surface area contributed by atoms with Gasteiger partial charge in [0.1, 0.15) is 5.60 Å². The first-order valence-corrected chi connectivity index (χ1v) is 4.79. The molecule has 4 heteroatoms. The molecule has 0 aliphatic carbocycles. The molecule has 0 aliphatic heterocycles. The molecule has 0 bridgehead atoms. The van der Waals surface area contributed by atoms with Gasteiger partial charge in [-0.3, -0.25) is 0 Å². The van der Waals surface area contributed by atoms with Crippen LogP contribution in [0, 0.1) is 0 Å². The van der Waals surface area contributed by atoms with Gasteiger partial charge in [-0.25, -0.2) is 4.79 Å². The van der Waals surface area contributed by atoms with Gasteiger partial charge in [-0.1, -0.05) is 6.92 Å². The van der Waals surface area contributed by atoms with E-state index in [-0.39, 0.29) is 0 Å². The van der Waals surface area contributed by atoms with E-state index in [1.165, 1.54) is 6.21 Å². The summed E-state index contributed by atoms with van der Waals surface area (Å²) in [6.45, 7) is 8.45. The Balaban J connectivity index is 3.61. The molecule has 0 aromatic carbocycles. The van der Waals surface area contributed by atoms with Crippen LogP contribution in [0.1, 0.15) is 34.1 Å². The topological polar surface area (TPSA) is 47.9 Å². The molecule has 0 saturated carbocycles. The highest BCUT2D eigenvalue weighted by Crippen LogP contribution is 2.07. The lowest BCUT2D eigenvalue weighted by molar-refractivity contribution is 0.0603. The number of hydrogen-bond acceptors (Lipinski definition) is 3. The van der Waals surface area contributed by atoms with E-state index in [4.69, 9.17) is 9.47 Å².